The summed E-state index contributed by atoms with van der Waals surface area (Å²) < 4.78 is 34.8. The maximum Gasteiger partial charge on any atom is 0.262 e. The largest absolute Gasteiger partial charge is 0.444 e. The predicted molar refractivity (Wildman–Crippen MR) is 99.8 cm³/mol. The standard InChI is InChI=1S/C18H19ClN4O3S/c1-22-11-17(21-12-22)27(24,25)23-8-4-7-16(23)18-20-10-14(26-18)9-13-5-2-3-6-15(13)19/h2-3,5-6,10-12,16H,4,7-9H2,1H3/t16-/m0/s1. The highest BCUT2D eigenvalue weighted by Crippen LogP contribution is 2.36. The molecule has 4 rings (SSSR count). The molecule has 1 saturated heterocycles. The number of hydrogen-bond donors (Lipinski definition) is 0. The molecule has 1 fully saturated rings. The lowest BCUT2D eigenvalue weighted by molar-refractivity contribution is 0.321. The van der Waals surface area contributed by atoms with E-state index >= 15 is 0 Å². The molecule has 1 aromatic carbocycles. The second-order valence-corrected chi connectivity index (χ2v) is 8.83. The fourth-order valence-corrected chi connectivity index (χ4v) is 5.13. The molecule has 3 heterocycles. The third-order valence-electron chi connectivity index (χ3n) is 4.64. The summed E-state index contributed by atoms with van der Waals surface area (Å²) in [7, 11) is -1.95. The number of rotatable bonds is 5. The van der Waals surface area contributed by atoms with Crippen LogP contribution in [0.25, 0.3) is 0 Å². The van der Waals surface area contributed by atoms with E-state index < -0.39 is 16.1 Å². The Morgan fingerprint density at radius 3 is 2.85 bits per heavy atom. The molecule has 1 aliphatic rings. The Kier molecular flexibility index (Phi) is 4.79. The van der Waals surface area contributed by atoms with Gasteiger partial charge < -0.3 is 8.98 Å². The monoisotopic (exact) mass is 406 g/mol. The van der Waals surface area contributed by atoms with Crippen LogP contribution in [0.15, 0.2) is 52.4 Å². The van der Waals surface area contributed by atoms with Gasteiger partial charge in [-0.25, -0.2) is 18.4 Å². The average molecular weight is 407 g/mol. The van der Waals surface area contributed by atoms with Gasteiger partial charge in [0.05, 0.1) is 12.5 Å². The minimum Gasteiger partial charge on any atom is -0.444 e. The van der Waals surface area contributed by atoms with Crippen molar-refractivity contribution in [3.05, 3.63) is 65.2 Å². The molecule has 7 nitrogen and oxygen atoms in total. The molecule has 0 unspecified atom stereocenters. The average Bonchev–Trinajstić information content (AvgIpc) is 3.36. The molecule has 9 heteroatoms. The number of hydrogen-bond acceptors (Lipinski definition) is 5. The van der Waals surface area contributed by atoms with E-state index in [0.717, 1.165) is 12.0 Å². The zero-order valence-electron chi connectivity index (χ0n) is 14.7. The van der Waals surface area contributed by atoms with Gasteiger partial charge in [-0.2, -0.15) is 4.31 Å². The Balaban J connectivity index is 1.58. The molecule has 1 atom stereocenters. The van der Waals surface area contributed by atoms with Crippen LogP contribution in [0.4, 0.5) is 0 Å². The zero-order chi connectivity index (χ0) is 19.0. The Bertz CT molecular complexity index is 1060. The van der Waals surface area contributed by atoms with Crippen LogP contribution in [0.1, 0.15) is 36.1 Å². The van der Waals surface area contributed by atoms with Crippen molar-refractivity contribution < 1.29 is 12.8 Å². The highest BCUT2D eigenvalue weighted by atomic mass is 35.5. The number of halogens is 1. The van der Waals surface area contributed by atoms with Gasteiger partial charge >= 0.3 is 0 Å². The van der Waals surface area contributed by atoms with Gasteiger partial charge in [-0.3, -0.25) is 0 Å². The molecular weight excluding hydrogens is 388 g/mol. The molecule has 0 amide bonds. The molecule has 3 aromatic rings. The molecule has 2 aromatic heterocycles. The number of sulfonamides is 1. The predicted octanol–water partition coefficient (Wildman–Crippen LogP) is 3.18. The first-order valence-corrected chi connectivity index (χ1v) is 10.4. The molecular formula is C18H19ClN4O3S. The highest BCUT2D eigenvalue weighted by Gasteiger charge is 2.39. The van der Waals surface area contributed by atoms with E-state index in [0.29, 0.717) is 36.1 Å². The van der Waals surface area contributed by atoms with Crippen LogP contribution in [0.2, 0.25) is 5.02 Å². The smallest absolute Gasteiger partial charge is 0.262 e. The Morgan fingerprint density at radius 1 is 1.30 bits per heavy atom. The molecule has 0 bridgehead atoms. The van der Waals surface area contributed by atoms with Crippen LogP contribution in [-0.4, -0.2) is 33.8 Å². The van der Waals surface area contributed by atoms with Crippen molar-refractivity contribution in [1.29, 1.82) is 0 Å². The highest BCUT2D eigenvalue weighted by molar-refractivity contribution is 7.89. The molecule has 0 aliphatic carbocycles. The van der Waals surface area contributed by atoms with Gasteiger partial charge in [0.1, 0.15) is 11.8 Å². The van der Waals surface area contributed by atoms with Crippen LogP contribution >= 0.6 is 11.6 Å². The number of oxazole rings is 1. The van der Waals surface area contributed by atoms with Crippen molar-refractivity contribution in [2.45, 2.75) is 30.3 Å². The summed E-state index contributed by atoms with van der Waals surface area (Å²) in [6.07, 6.45) is 6.54. The van der Waals surface area contributed by atoms with Crippen molar-refractivity contribution in [3.8, 4) is 0 Å². The van der Waals surface area contributed by atoms with Gasteiger partial charge in [-0.1, -0.05) is 29.8 Å². The minimum atomic E-state index is -3.69. The zero-order valence-corrected chi connectivity index (χ0v) is 16.3. The normalized spacial score (nSPS) is 18.2. The lowest BCUT2D eigenvalue weighted by Gasteiger charge is -2.20. The lowest BCUT2D eigenvalue weighted by atomic mass is 10.1. The van der Waals surface area contributed by atoms with Crippen LogP contribution < -0.4 is 0 Å². The first kappa shape index (κ1) is 18.2. The van der Waals surface area contributed by atoms with E-state index in [1.807, 2.05) is 24.3 Å². The number of nitrogens with zero attached hydrogens (tertiary/aromatic N) is 4. The first-order chi connectivity index (χ1) is 12.9. The maximum atomic E-state index is 12.9. The van der Waals surface area contributed by atoms with Gasteiger partial charge in [0, 0.05) is 31.2 Å². The van der Waals surface area contributed by atoms with Crippen molar-refractivity contribution in [1.82, 2.24) is 18.8 Å². The fourth-order valence-electron chi connectivity index (χ4n) is 3.30. The van der Waals surface area contributed by atoms with Gasteiger partial charge in [-0.15, -0.1) is 0 Å². The van der Waals surface area contributed by atoms with Gasteiger partial charge in [-0.05, 0) is 24.5 Å². The molecule has 27 heavy (non-hydrogen) atoms. The second kappa shape index (κ2) is 7.10. The van der Waals surface area contributed by atoms with Gasteiger partial charge in [0.15, 0.2) is 5.03 Å². The third-order valence-corrected chi connectivity index (χ3v) is 6.80. The second-order valence-electron chi connectivity index (χ2n) is 6.58. The summed E-state index contributed by atoms with van der Waals surface area (Å²) in [6.45, 7) is 0.422. The molecule has 0 N–H and O–H groups in total. The quantitative estimate of drug-likeness (QED) is 0.650. The summed E-state index contributed by atoms with van der Waals surface area (Å²) in [5.41, 5.74) is 0.936. The van der Waals surface area contributed by atoms with Crippen LogP contribution in [0, 0.1) is 0 Å². The Morgan fingerprint density at radius 2 is 2.11 bits per heavy atom. The van der Waals surface area contributed by atoms with Crippen molar-refractivity contribution in [2.75, 3.05) is 6.54 Å². The van der Waals surface area contributed by atoms with E-state index in [1.54, 1.807) is 17.8 Å². The summed E-state index contributed by atoms with van der Waals surface area (Å²) >= 11 is 6.20. The number of benzene rings is 1. The SMILES string of the molecule is Cn1cnc(S(=O)(=O)N2CCC[C@H]2c2ncc(Cc3ccccc3Cl)o2)c1. The van der Waals surface area contributed by atoms with Gasteiger partial charge in [0.2, 0.25) is 5.89 Å². The minimum absolute atomic E-state index is 0.0414. The molecule has 0 radical (unpaired) electrons. The van der Waals surface area contributed by atoms with Crippen LogP contribution in [-0.2, 0) is 23.5 Å². The fraction of sp³-hybridized carbons (Fsp3) is 0.333. The van der Waals surface area contributed by atoms with E-state index in [-0.39, 0.29) is 5.03 Å². The molecule has 142 valence electrons. The lowest BCUT2D eigenvalue weighted by Crippen LogP contribution is -2.31. The molecule has 1 aliphatic heterocycles. The summed E-state index contributed by atoms with van der Waals surface area (Å²) in [6, 6.07) is 7.12. The van der Waals surface area contributed by atoms with E-state index in [2.05, 4.69) is 9.97 Å². The molecule has 0 saturated carbocycles. The van der Waals surface area contributed by atoms with Crippen molar-refractivity contribution in [3.63, 3.8) is 0 Å². The summed E-state index contributed by atoms with van der Waals surface area (Å²) in [5, 5.41) is 0.704. The third kappa shape index (κ3) is 3.52. The summed E-state index contributed by atoms with van der Waals surface area (Å²) in [4.78, 5) is 8.34. The van der Waals surface area contributed by atoms with E-state index in [4.69, 9.17) is 16.0 Å². The number of aromatic nitrogens is 3. The Hall–Kier alpha value is -2.16. The van der Waals surface area contributed by atoms with Crippen LogP contribution in [0.3, 0.4) is 0 Å². The topological polar surface area (TPSA) is 81.2 Å². The molecule has 0 spiro atoms. The van der Waals surface area contributed by atoms with E-state index in [1.165, 1.54) is 16.8 Å². The summed E-state index contributed by atoms with van der Waals surface area (Å²) in [5.74, 6) is 1.06. The van der Waals surface area contributed by atoms with Crippen molar-refractivity contribution >= 4 is 21.6 Å². The number of imidazole rings is 1. The number of aryl methyl sites for hydroxylation is 1. The van der Waals surface area contributed by atoms with Crippen molar-refractivity contribution in [2.24, 2.45) is 7.05 Å². The maximum absolute atomic E-state index is 12.9. The Labute approximate surface area is 162 Å². The van der Waals surface area contributed by atoms with E-state index in [9.17, 15) is 8.42 Å². The van der Waals surface area contributed by atoms with Crippen LogP contribution in [0.5, 0.6) is 0 Å². The first-order valence-electron chi connectivity index (χ1n) is 8.63. The van der Waals surface area contributed by atoms with Gasteiger partial charge in [0.25, 0.3) is 10.0 Å².